The van der Waals surface area contributed by atoms with Crippen molar-refractivity contribution in [1.29, 1.82) is 0 Å². The molecule has 1 aliphatic heterocycles. The van der Waals surface area contributed by atoms with E-state index in [-0.39, 0.29) is 17.9 Å². The Labute approximate surface area is 114 Å². The average molecular weight is 263 g/mol. The van der Waals surface area contributed by atoms with Crippen molar-refractivity contribution in [1.82, 2.24) is 5.32 Å². The van der Waals surface area contributed by atoms with Crippen molar-refractivity contribution in [3.63, 3.8) is 0 Å². The van der Waals surface area contributed by atoms with Crippen LogP contribution >= 0.6 is 0 Å². The minimum atomic E-state index is -0.269. The Hall–Kier alpha value is -1.55. The number of nitrogens with one attached hydrogen (secondary N) is 1. The SMILES string of the molecule is COC(=O)C(NCc1ccc2c(c1)CCO2)C(C)C. The second-order valence-corrected chi connectivity index (χ2v) is 5.17. The van der Waals surface area contributed by atoms with Gasteiger partial charge in [-0.1, -0.05) is 26.0 Å². The highest BCUT2D eigenvalue weighted by molar-refractivity contribution is 5.75. The van der Waals surface area contributed by atoms with Crippen molar-refractivity contribution >= 4 is 5.97 Å². The summed E-state index contributed by atoms with van der Waals surface area (Å²) in [6.07, 6.45) is 0.966. The van der Waals surface area contributed by atoms with E-state index >= 15 is 0 Å². The molecule has 0 aliphatic carbocycles. The van der Waals surface area contributed by atoms with E-state index in [9.17, 15) is 4.79 Å². The Bertz CT molecular complexity index is 457. The van der Waals surface area contributed by atoms with Crippen LogP contribution in [0.2, 0.25) is 0 Å². The summed E-state index contributed by atoms with van der Waals surface area (Å²) in [5, 5.41) is 3.26. The lowest BCUT2D eigenvalue weighted by atomic mass is 10.0. The van der Waals surface area contributed by atoms with Gasteiger partial charge in [-0.25, -0.2) is 0 Å². The second-order valence-electron chi connectivity index (χ2n) is 5.17. The molecule has 1 N–H and O–H groups in total. The Morgan fingerprint density at radius 3 is 2.95 bits per heavy atom. The molecular weight excluding hydrogens is 242 g/mol. The van der Waals surface area contributed by atoms with Crippen LogP contribution < -0.4 is 10.1 Å². The van der Waals surface area contributed by atoms with Gasteiger partial charge in [0.15, 0.2) is 0 Å². The molecule has 0 fully saturated rings. The topological polar surface area (TPSA) is 47.6 Å². The lowest BCUT2D eigenvalue weighted by Gasteiger charge is -2.20. The molecule has 1 heterocycles. The third-order valence-electron chi connectivity index (χ3n) is 3.40. The number of rotatable bonds is 5. The minimum absolute atomic E-state index is 0.199. The summed E-state index contributed by atoms with van der Waals surface area (Å²) in [6, 6.07) is 5.91. The van der Waals surface area contributed by atoms with E-state index in [4.69, 9.17) is 9.47 Å². The van der Waals surface area contributed by atoms with Crippen LogP contribution in [0.4, 0.5) is 0 Å². The van der Waals surface area contributed by atoms with Gasteiger partial charge in [0.25, 0.3) is 0 Å². The average Bonchev–Trinajstić information content (AvgIpc) is 2.85. The summed E-state index contributed by atoms with van der Waals surface area (Å²) >= 11 is 0. The fourth-order valence-electron chi connectivity index (χ4n) is 2.30. The maximum atomic E-state index is 11.7. The fourth-order valence-corrected chi connectivity index (χ4v) is 2.30. The van der Waals surface area contributed by atoms with Crippen molar-refractivity contribution in [2.75, 3.05) is 13.7 Å². The molecule has 1 unspecified atom stereocenters. The van der Waals surface area contributed by atoms with Crippen LogP contribution in [0.15, 0.2) is 18.2 Å². The highest BCUT2D eigenvalue weighted by atomic mass is 16.5. The molecule has 4 nitrogen and oxygen atoms in total. The minimum Gasteiger partial charge on any atom is -0.493 e. The normalized spacial score (nSPS) is 14.9. The number of ether oxygens (including phenoxy) is 2. The summed E-state index contributed by atoms with van der Waals surface area (Å²) in [7, 11) is 1.42. The quantitative estimate of drug-likeness (QED) is 0.824. The second kappa shape index (κ2) is 6.06. The summed E-state index contributed by atoms with van der Waals surface area (Å²) < 4.78 is 10.3. The van der Waals surface area contributed by atoms with Crippen LogP contribution in [0.1, 0.15) is 25.0 Å². The van der Waals surface area contributed by atoms with Crippen molar-refractivity contribution in [2.45, 2.75) is 32.9 Å². The first-order chi connectivity index (χ1) is 9.11. The molecule has 19 heavy (non-hydrogen) atoms. The van der Waals surface area contributed by atoms with Crippen molar-refractivity contribution in [2.24, 2.45) is 5.92 Å². The molecule has 0 spiro atoms. The van der Waals surface area contributed by atoms with Crippen LogP contribution in [0, 0.1) is 5.92 Å². The number of methoxy groups -OCH3 is 1. The molecule has 4 heteroatoms. The first-order valence-corrected chi connectivity index (χ1v) is 6.67. The molecule has 0 amide bonds. The Kier molecular flexibility index (Phi) is 4.43. The van der Waals surface area contributed by atoms with Gasteiger partial charge < -0.3 is 14.8 Å². The van der Waals surface area contributed by atoms with Crippen LogP contribution in [0.5, 0.6) is 5.75 Å². The van der Waals surface area contributed by atoms with Crippen molar-refractivity contribution in [3.8, 4) is 5.75 Å². The van der Waals surface area contributed by atoms with E-state index < -0.39 is 0 Å². The van der Waals surface area contributed by atoms with Crippen LogP contribution in [-0.4, -0.2) is 25.7 Å². The van der Waals surface area contributed by atoms with E-state index in [2.05, 4.69) is 11.4 Å². The zero-order valence-corrected chi connectivity index (χ0v) is 11.7. The van der Waals surface area contributed by atoms with Gasteiger partial charge in [-0.3, -0.25) is 4.79 Å². The zero-order chi connectivity index (χ0) is 13.8. The van der Waals surface area contributed by atoms with Crippen molar-refractivity contribution in [3.05, 3.63) is 29.3 Å². The largest absolute Gasteiger partial charge is 0.493 e. The Balaban J connectivity index is 1.99. The van der Waals surface area contributed by atoms with E-state index in [1.54, 1.807) is 0 Å². The molecule has 0 bridgehead atoms. The van der Waals surface area contributed by atoms with Gasteiger partial charge in [0, 0.05) is 13.0 Å². The van der Waals surface area contributed by atoms with Gasteiger partial charge in [0.1, 0.15) is 11.8 Å². The number of fused-ring (bicyclic) bond motifs is 1. The van der Waals surface area contributed by atoms with Gasteiger partial charge in [0.2, 0.25) is 0 Å². The van der Waals surface area contributed by atoms with Crippen LogP contribution in [0.25, 0.3) is 0 Å². The number of carbonyl (C=O) groups excluding carboxylic acids is 1. The van der Waals surface area contributed by atoms with Gasteiger partial charge in [-0.15, -0.1) is 0 Å². The van der Waals surface area contributed by atoms with Crippen molar-refractivity contribution < 1.29 is 14.3 Å². The van der Waals surface area contributed by atoms with E-state index in [0.717, 1.165) is 18.8 Å². The van der Waals surface area contributed by atoms with Crippen LogP contribution in [-0.2, 0) is 22.5 Å². The Morgan fingerprint density at radius 1 is 1.47 bits per heavy atom. The third-order valence-corrected chi connectivity index (χ3v) is 3.40. The molecule has 0 radical (unpaired) electrons. The maximum absolute atomic E-state index is 11.7. The predicted molar refractivity (Wildman–Crippen MR) is 73.1 cm³/mol. The standard InChI is InChI=1S/C15H21NO3/c1-10(2)14(15(17)18-3)16-9-11-4-5-13-12(8-11)6-7-19-13/h4-5,8,10,14,16H,6-7,9H2,1-3H3. The molecule has 1 atom stereocenters. The molecule has 0 saturated heterocycles. The van der Waals surface area contributed by atoms with E-state index in [0.29, 0.717) is 6.54 Å². The summed E-state index contributed by atoms with van der Waals surface area (Å²) in [4.78, 5) is 11.7. The zero-order valence-electron chi connectivity index (χ0n) is 11.7. The number of hydrogen-bond donors (Lipinski definition) is 1. The number of carbonyl (C=O) groups is 1. The Morgan fingerprint density at radius 2 is 2.26 bits per heavy atom. The highest BCUT2D eigenvalue weighted by Gasteiger charge is 2.22. The van der Waals surface area contributed by atoms with E-state index in [1.807, 2.05) is 26.0 Å². The van der Waals surface area contributed by atoms with Gasteiger partial charge >= 0.3 is 5.97 Å². The molecule has 2 rings (SSSR count). The first-order valence-electron chi connectivity index (χ1n) is 6.67. The fraction of sp³-hybridized carbons (Fsp3) is 0.533. The lowest BCUT2D eigenvalue weighted by Crippen LogP contribution is -2.41. The maximum Gasteiger partial charge on any atom is 0.323 e. The molecule has 0 aromatic heterocycles. The van der Waals surface area contributed by atoms with Gasteiger partial charge in [-0.05, 0) is 23.1 Å². The molecule has 1 aromatic rings. The predicted octanol–water partition coefficient (Wildman–Crippen LogP) is 1.91. The summed E-state index contributed by atoms with van der Waals surface area (Å²) in [5.41, 5.74) is 2.41. The van der Waals surface area contributed by atoms with Gasteiger partial charge in [0.05, 0.1) is 13.7 Å². The molecule has 104 valence electrons. The smallest absolute Gasteiger partial charge is 0.323 e. The van der Waals surface area contributed by atoms with Crippen LogP contribution in [0.3, 0.4) is 0 Å². The van der Waals surface area contributed by atoms with E-state index in [1.165, 1.54) is 18.2 Å². The summed E-state index contributed by atoms with van der Waals surface area (Å²) in [6.45, 7) is 5.43. The first kappa shape index (κ1) is 13.9. The number of esters is 1. The molecule has 1 aromatic carbocycles. The number of hydrogen-bond acceptors (Lipinski definition) is 4. The monoisotopic (exact) mass is 263 g/mol. The number of benzene rings is 1. The molecule has 0 saturated carbocycles. The van der Waals surface area contributed by atoms with Gasteiger partial charge in [-0.2, -0.15) is 0 Å². The lowest BCUT2D eigenvalue weighted by molar-refractivity contribution is -0.144. The molecular formula is C15H21NO3. The third kappa shape index (κ3) is 3.26. The molecule has 1 aliphatic rings. The summed E-state index contributed by atoms with van der Waals surface area (Å²) in [5.74, 6) is 0.974. The highest BCUT2D eigenvalue weighted by Crippen LogP contribution is 2.25.